The van der Waals surface area contributed by atoms with Crippen molar-refractivity contribution in [3.8, 4) is 0 Å². The molecule has 0 fully saturated rings. The Morgan fingerprint density at radius 2 is 1.86 bits per heavy atom. The van der Waals surface area contributed by atoms with Crippen molar-refractivity contribution in [1.29, 1.82) is 0 Å². The van der Waals surface area contributed by atoms with Crippen LogP contribution in [0.15, 0.2) is 53.3 Å². The molecule has 1 aromatic heterocycles. The number of urea groups is 1. The molecule has 0 saturated carbocycles. The normalized spacial score (nSPS) is 12.2. The Bertz CT molecular complexity index is 1090. The second kappa shape index (κ2) is 8.47. The highest BCUT2D eigenvalue weighted by molar-refractivity contribution is 5.89. The summed E-state index contributed by atoms with van der Waals surface area (Å²) in [4.78, 5) is 32.4. The summed E-state index contributed by atoms with van der Waals surface area (Å²) < 4.78 is 1.54. The second-order valence-electron chi connectivity index (χ2n) is 7.87. The average Bonchev–Trinajstić information content (AvgIpc) is 2.68. The van der Waals surface area contributed by atoms with Crippen LogP contribution in [-0.4, -0.2) is 27.0 Å². The number of carbonyl (C=O) groups excluding carboxylic acids is 1. The lowest BCUT2D eigenvalue weighted by molar-refractivity contribution is 0.179. The summed E-state index contributed by atoms with van der Waals surface area (Å²) in [6, 6.07) is 14.4. The number of hydrogen-bond acceptors (Lipinski definition) is 3. The Hall–Kier alpha value is -3.15. The van der Waals surface area contributed by atoms with Crippen LogP contribution in [0.4, 0.5) is 10.5 Å². The first-order valence-corrected chi connectivity index (χ1v) is 9.88. The molecule has 2 amide bonds. The van der Waals surface area contributed by atoms with Gasteiger partial charge in [0.05, 0.1) is 16.9 Å². The largest absolute Gasteiger partial charge is 0.322 e. The van der Waals surface area contributed by atoms with Gasteiger partial charge in [-0.25, -0.2) is 9.78 Å². The van der Waals surface area contributed by atoms with Gasteiger partial charge in [-0.3, -0.25) is 9.36 Å². The quantitative estimate of drug-likeness (QED) is 0.695. The molecule has 1 N–H and O–H groups in total. The molecule has 0 saturated heterocycles. The fraction of sp³-hybridized carbons (Fsp3) is 0.348. The molecule has 0 aliphatic carbocycles. The fourth-order valence-electron chi connectivity index (χ4n) is 3.48. The number of carbonyl (C=O) groups is 1. The minimum Gasteiger partial charge on any atom is -0.314 e. The Morgan fingerprint density at radius 3 is 2.55 bits per heavy atom. The molecule has 0 aliphatic rings. The van der Waals surface area contributed by atoms with Gasteiger partial charge in [0.15, 0.2) is 0 Å². The number of amides is 2. The summed E-state index contributed by atoms with van der Waals surface area (Å²) in [6.07, 6.45) is 0. The van der Waals surface area contributed by atoms with E-state index in [1.54, 1.807) is 22.6 Å². The Morgan fingerprint density at radius 1 is 1.14 bits per heavy atom. The number of rotatable bonds is 5. The second-order valence-corrected chi connectivity index (χ2v) is 7.87. The molecule has 0 spiro atoms. The lowest BCUT2D eigenvalue weighted by Gasteiger charge is -2.31. The van der Waals surface area contributed by atoms with Gasteiger partial charge in [-0.05, 0) is 49.6 Å². The minimum atomic E-state index is -0.371. The van der Waals surface area contributed by atoms with Crippen LogP contribution in [0.2, 0.25) is 0 Å². The molecule has 0 bridgehead atoms. The molecule has 6 nitrogen and oxygen atoms in total. The lowest BCUT2D eigenvalue weighted by atomic mass is 10.1. The van der Waals surface area contributed by atoms with E-state index in [4.69, 9.17) is 4.98 Å². The molecule has 2 aromatic carbocycles. The van der Waals surface area contributed by atoms with Crippen molar-refractivity contribution >= 4 is 22.6 Å². The van der Waals surface area contributed by atoms with Crippen molar-refractivity contribution in [2.75, 3.05) is 11.9 Å². The van der Waals surface area contributed by atoms with Crippen LogP contribution in [0, 0.1) is 12.8 Å². The van der Waals surface area contributed by atoms with Crippen molar-refractivity contribution in [3.63, 3.8) is 0 Å². The van der Waals surface area contributed by atoms with Crippen LogP contribution in [0.3, 0.4) is 0 Å². The fourth-order valence-corrected chi connectivity index (χ4v) is 3.48. The number of para-hydroxylation sites is 1. The highest BCUT2D eigenvalue weighted by atomic mass is 16.2. The monoisotopic (exact) mass is 392 g/mol. The van der Waals surface area contributed by atoms with E-state index >= 15 is 0 Å². The molecule has 1 atom stereocenters. The van der Waals surface area contributed by atoms with Gasteiger partial charge in [-0.2, -0.15) is 0 Å². The maximum absolute atomic E-state index is 13.1. The first-order valence-electron chi connectivity index (χ1n) is 9.88. The molecule has 3 rings (SSSR count). The maximum Gasteiger partial charge on any atom is 0.322 e. The first-order chi connectivity index (χ1) is 13.8. The average molecular weight is 393 g/mol. The summed E-state index contributed by atoms with van der Waals surface area (Å²) in [5, 5.41) is 3.56. The number of hydrogen-bond donors (Lipinski definition) is 1. The van der Waals surface area contributed by atoms with E-state index in [1.165, 1.54) is 0 Å². The highest BCUT2D eigenvalue weighted by Gasteiger charge is 2.26. The van der Waals surface area contributed by atoms with Gasteiger partial charge in [0.1, 0.15) is 5.82 Å². The van der Waals surface area contributed by atoms with Crippen LogP contribution in [0.25, 0.3) is 10.9 Å². The summed E-state index contributed by atoms with van der Waals surface area (Å²) in [5.41, 5.74) is 2.35. The topological polar surface area (TPSA) is 67.2 Å². The summed E-state index contributed by atoms with van der Waals surface area (Å²) >= 11 is 0. The van der Waals surface area contributed by atoms with Crippen molar-refractivity contribution < 1.29 is 4.79 Å². The zero-order chi connectivity index (χ0) is 21.1. The molecule has 1 heterocycles. The number of nitrogens with one attached hydrogen (secondary N) is 1. The zero-order valence-corrected chi connectivity index (χ0v) is 17.6. The van der Waals surface area contributed by atoms with E-state index in [9.17, 15) is 9.59 Å². The van der Waals surface area contributed by atoms with Gasteiger partial charge < -0.3 is 10.2 Å². The minimum absolute atomic E-state index is 0.110. The van der Waals surface area contributed by atoms with Crippen molar-refractivity contribution in [3.05, 3.63) is 70.3 Å². The third kappa shape index (κ3) is 4.47. The maximum atomic E-state index is 13.1. The van der Waals surface area contributed by atoms with Gasteiger partial charge in [-0.1, -0.05) is 38.1 Å². The predicted octanol–water partition coefficient (Wildman–Crippen LogP) is 4.49. The van der Waals surface area contributed by atoms with E-state index in [0.29, 0.717) is 23.3 Å². The van der Waals surface area contributed by atoms with E-state index in [1.807, 2.05) is 56.3 Å². The molecule has 6 heteroatoms. The zero-order valence-electron chi connectivity index (χ0n) is 17.6. The number of aromatic nitrogens is 2. The Balaban J connectivity index is 1.98. The summed E-state index contributed by atoms with van der Waals surface area (Å²) in [6.45, 7) is 8.56. The van der Waals surface area contributed by atoms with E-state index in [2.05, 4.69) is 19.2 Å². The lowest BCUT2D eigenvalue weighted by Crippen LogP contribution is -2.41. The van der Waals surface area contributed by atoms with Gasteiger partial charge in [0.2, 0.25) is 0 Å². The van der Waals surface area contributed by atoms with Crippen LogP contribution >= 0.6 is 0 Å². The van der Waals surface area contributed by atoms with E-state index in [0.717, 1.165) is 11.3 Å². The number of benzene rings is 2. The summed E-state index contributed by atoms with van der Waals surface area (Å²) in [7, 11) is 1.71. The Labute approximate surface area is 171 Å². The van der Waals surface area contributed by atoms with Crippen molar-refractivity contribution in [2.45, 2.75) is 33.7 Å². The standard InChI is InChI=1S/C23H28N4O2/c1-15(2)14-27(23(29)24-18-10-8-9-16(3)13-18)17(4)21-25-20-12-7-6-11-19(20)22(28)26(21)5/h6-13,15,17H,14H2,1-5H3,(H,24,29). The molecular formula is C23H28N4O2. The first kappa shape index (κ1) is 20.6. The van der Waals surface area contributed by atoms with Crippen LogP contribution in [-0.2, 0) is 7.05 Å². The van der Waals surface area contributed by atoms with Gasteiger partial charge in [0.25, 0.3) is 5.56 Å². The molecule has 0 aliphatic heterocycles. The predicted molar refractivity (Wildman–Crippen MR) is 117 cm³/mol. The summed E-state index contributed by atoms with van der Waals surface area (Å²) in [5.74, 6) is 0.826. The van der Waals surface area contributed by atoms with Gasteiger partial charge in [-0.15, -0.1) is 0 Å². The van der Waals surface area contributed by atoms with E-state index in [-0.39, 0.29) is 23.6 Å². The third-order valence-corrected chi connectivity index (χ3v) is 4.95. The number of nitrogens with zero attached hydrogens (tertiary/aromatic N) is 3. The Kier molecular flexibility index (Phi) is 6.01. The molecular weight excluding hydrogens is 364 g/mol. The third-order valence-electron chi connectivity index (χ3n) is 4.95. The highest BCUT2D eigenvalue weighted by Crippen LogP contribution is 2.22. The SMILES string of the molecule is Cc1cccc(NC(=O)N(CC(C)C)C(C)c2nc3ccccc3c(=O)n2C)c1. The molecule has 152 valence electrons. The van der Waals surface area contributed by atoms with Crippen molar-refractivity contribution in [2.24, 2.45) is 13.0 Å². The van der Waals surface area contributed by atoms with Crippen molar-refractivity contribution in [1.82, 2.24) is 14.5 Å². The number of fused-ring (bicyclic) bond motifs is 1. The van der Waals surface area contributed by atoms with Crippen LogP contribution in [0.1, 0.15) is 38.2 Å². The van der Waals surface area contributed by atoms with Crippen LogP contribution < -0.4 is 10.9 Å². The molecule has 29 heavy (non-hydrogen) atoms. The number of anilines is 1. The van der Waals surface area contributed by atoms with E-state index < -0.39 is 0 Å². The van der Waals surface area contributed by atoms with Gasteiger partial charge in [0, 0.05) is 19.3 Å². The van der Waals surface area contributed by atoms with Gasteiger partial charge >= 0.3 is 6.03 Å². The molecule has 0 radical (unpaired) electrons. The molecule has 1 unspecified atom stereocenters. The molecule has 3 aromatic rings. The number of aryl methyl sites for hydroxylation is 1. The van der Waals surface area contributed by atoms with Crippen LogP contribution in [0.5, 0.6) is 0 Å². The smallest absolute Gasteiger partial charge is 0.314 e.